The van der Waals surface area contributed by atoms with E-state index in [2.05, 4.69) is 0 Å². The van der Waals surface area contributed by atoms with E-state index in [1.165, 1.54) is 0 Å². The Balaban J connectivity index is 2.39. The highest BCUT2D eigenvalue weighted by Crippen LogP contribution is 2.35. The topological polar surface area (TPSA) is 29.5 Å². The van der Waals surface area contributed by atoms with Gasteiger partial charge in [-0.1, -0.05) is 18.2 Å². The van der Waals surface area contributed by atoms with Crippen LogP contribution in [0.5, 0.6) is 0 Å². The molecular weight excluding hydrogens is 196 g/mol. The van der Waals surface area contributed by atoms with Gasteiger partial charge in [0, 0.05) is 17.9 Å². The van der Waals surface area contributed by atoms with Crippen molar-refractivity contribution in [3.05, 3.63) is 29.8 Å². The van der Waals surface area contributed by atoms with Crippen LogP contribution in [0.15, 0.2) is 29.2 Å². The Hall–Kier alpha value is -0.510. The van der Waals surface area contributed by atoms with Crippen molar-refractivity contribution >= 4 is 11.8 Å². The molecule has 1 saturated heterocycles. The van der Waals surface area contributed by atoms with Crippen molar-refractivity contribution in [3.8, 4) is 0 Å². The molecular formula is C11H14O2S. The largest absolute Gasteiger partial charge is 0.383 e. The van der Waals surface area contributed by atoms with Gasteiger partial charge in [0.05, 0.1) is 6.61 Å². The molecule has 0 bridgehead atoms. The van der Waals surface area contributed by atoms with E-state index in [4.69, 9.17) is 4.74 Å². The summed E-state index contributed by atoms with van der Waals surface area (Å²) < 4.78 is 5.25. The molecule has 2 rings (SSSR count). The molecule has 14 heavy (non-hydrogen) atoms. The third-order valence-corrected chi connectivity index (χ3v) is 3.40. The van der Waals surface area contributed by atoms with Gasteiger partial charge in [-0.2, -0.15) is 0 Å². The number of hydrogen-bond acceptors (Lipinski definition) is 3. The predicted molar refractivity (Wildman–Crippen MR) is 57.6 cm³/mol. The molecule has 1 heterocycles. The first-order chi connectivity index (χ1) is 6.76. The minimum Gasteiger partial charge on any atom is -0.383 e. The quantitative estimate of drug-likeness (QED) is 0.757. The molecule has 0 radical (unpaired) electrons. The van der Waals surface area contributed by atoms with Crippen LogP contribution in [0.25, 0.3) is 0 Å². The van der Waals surface area contributed by atoms with E-state index < -0.39 is 5.60 Å². The number of hydrogen-bond donors (Lipinski definition) is 1. The summed E-state index contributed by atoms with van der Waals surface area (Å²) in [5.41, 5.74) is 0.240. The maximum absolute atomic E-state index is 10.3. The van der Waals surface area contributed by atoms with Crippen molar-refractivity contribution in [1.82, 2.24) is 0 Å². The van der Waals surface area contributed by atoms with E-state index in [1.807, 2.05) is 30.5 Å². The van der Waals surface area contributed by atoms with Crippen LogP contribution in [0.2, 0.25) is 0 Å². The summed E-state index contributed by atoms with van der Waals surface area (Å²) in [5, 5.41) is 10.3. The molecule has 2 nitrogen and oxygen atoms in total. The fourth-order valence-corrected chi connectivity index (χ4v) is 2.49. The maximum Gasteiger partial charge on any atom is 0.116 e. The van der Waals surface area contributed by atoms with Crippen LogP contribution in [0.1, 0.15) is 12.0 Å². The highest BCUT2D eigenvalue weighted by molar-refractivity contribution is 7.98. The number of aliphatic hydroxyl groups is 1. The molecule has 1 N–H and O–H groups in total. The first-order valence-corrected chi connectivity index (χ1v) is 5.92. The lowest BCUT2D eigenvalue weighted by Gasteiger charge is -2.23. The average molecular weight is 210 g/mol. The second-order valence-electron chi connectivity index (χ2n) is 3.53. The molecule has 0 spiro atoms. The van der Waals surface area contributed by atoms with Gasteiger partial charge in [0.15, 0.2) is 0 Å². The van der Waals surface area contributed by atoms with Crippen molar-refractivity contribution in [2.75, 3.05) is 19.5 Å². The van der Waals surface area contributed by atoms with Crippen LogP contribution in [-0.4, -0.2) is 24.6 Å². The number of thioether (sulfide) groups is 1. The van der Waals surface area contributed by atoms with Gasteiger partial charge < -0.3 is 9.84 Å². The molecule has 1 aromatic rings. The van der Waals surface area contributed by atoms with Crippen LogP contribution in [0.3, 0.4) is 0 Å². The first kappa shape index (κ1) is 10.0. The van der Waals surface area contributed by atoms with E-state index >= 15 is 0 Å². The Labute approximate surface area is 88.3 Å². The summed E-state index contributed by atoms with van der Waals surface area (Å²) in [6.45, 7) is 1.07. The Bertz CT molecular complexity index is 319. The second kappa shape index (κ2) is 3.93. The van der Waals surface area contributed by atoms with Gasteiger partial charge in [0.25, 0.3) is 0 Å². The van der Waals surface area contributed by atoms with Gasteiger partial charge in [0.1, 0.15) is 5.60 Å². The van der Waals surface area contributed by atoms with Crippen molar-refractivity contribution in [2.45, 2.75) is 16.9 Å². The number of benzene rings is 1. The van der Waals surface area contributed by atoms with E-state index in [0.29, 0.717) is 19.6 Å². The number of rotatable bonds is 2. The van der Waals surface area contributed by atoms with E-state index in [0.717, 1.165) is 10.5 Å². The zero-order valence-corrected chi connectivity index (χ0v) is 9.01. The van der Waals surface area contributed by atoms with E-state index in [-0.39, 0.29) is 0 Å². The van der Waals surface area contributed by atoms with Gasteiger partial charge in [-0.15, -0.1) is 11.8 Å². The van der Waals surface area contributed by atoms with Crippen LogP contribution in [0, 0.1) is 0 Å². The van der Waals surface area contributed by atoms with E-state index in [1.54, 1.807) is 11.8 Å². The lowest BCUT2D eigenvalue weighted by atomic mass is 9.93. The highest BCUT2D eigenvalue weighted by atomic mass is 32.2. The Kier molecular flexibility index (Phi) is 2.81. The zero-order chi connectivity index (χ0) is 10.0. The lowest BCUT2D eigenvalue weighted by molar-refractivity contribution is 0.0209. The molecule has 1 aliphatic rings. The fraction of sp³-hybridized carbons (Fsp3) is 0.455. The van der Waals surface area contributed by atoms with Crippen molar-refractivity contribution in [1.29, 1.82) is 0 Å². The van der Waals surface area contributed by atoms with E-state index in [9.17, 15) is 5.11 Å². The number of ether oxygens (including phenoxy) is 1. The Morgan fingerprint density at radius 1 is 1.43 bits per heavy atom. The molecule has 76 valence electrons. The molecule has 0 saturated carbocycles. The van der Waals surface area contributed by atoms with Crippen LogP contribution >= 0.6 is 11.8 Å². The summed E-state index contributed by atoms with van der Waals surface area (Å²) in [6, 6.07) is 7.98. The van der Waals surface area contributed by atoms with Crippen molar-refractivity contribution in [3.63, 3.8) is 0 Å². The third-order valence-electron chi connectivity index (χ3n) is 2.61. The first-order valence-electron chi connectivity index (χ1n) is 4.70. The zero-order valence-electron chi connectivity index (χ0n) is 8.19. The standard InChI is InChI=1S/C11H14O2S/c1-14-10-5-3-2-4-9(10)11(12)6-7-13-8-11/h2-5,12H,6-8H2,1H3. The highest BCUT2D eigenvalue weighted by Gasteiger charge is 2.35. The van der Waals surface area contributed by atoms with Crippen LogP contribution < -0.4 is 0 Å². The summed E-state index contributed by atoms with van der Waals surface area (Å²) in [6.07, 6.45) is 2.72. The molecule has 0 aliphatic carbocycles. The second-order valence-corrected chi connectivity index (χ2v) is 4.38. The van der Waals surface area contributed by atoms with Gasteiger partial charge in [0.2, 0.25) is 0 Å². The van der Waals surface area contributed by atoms with Crippen molar-refractivity contribution in [2.24, 2.45) is 0 Å². The maximum atomic E-state index is 10.3. The van der Waals surface area contributed by atoms with Crippen molar-refractivity contribution < 1.29 is 9.84 Å². The van der Waals surface area contributed by atoms with Gasteiger partial charge in [-0.25, -0.2) is 0 Å². The SMILES string of the molecule is CSc1ccccc1C1(O)CCOC1. The average Bonchev–Trinajstić information content (AvgIpc) is 2.66. The fourth-order valence-electron chi connectivity index (χ4n) is 1.80. The summed E-state index contributed by atoms with van der Waals surface area (Å²) in [7, 11) is 0. The predicted octanol–water partition coefficient (Wildman–Crippen LogP) is 2.02. The summed E-state index contributed by atoms with van der Waals surface area (Å²) >= 11 is 1.67. The molecule has 1 aromatic carbocycles. The normalized spacial score (nSPS) is 26.7. The van der Waals surface area contributed by atoms with Crippen LogP contribution in [-0.2, 0) is 10.3 Å². The third kappa shape index (κ3) is 1.67. The molecule has 1 unspecified atom stereocenters. The minimum atomic E-state index is -0.764. The lowest BCUT2D eigenvalue weighted by Crippen LogP contribution is -2.26. The van der Waals surface area contributed by atoms with Crippen LogP contribution in [0.4, 0.5) is 0 Å². The smallest absolute Gasteiger partial charge is 0.116 e. The molecule has 0 amide bonds. The molecule has 1 atom stereocenters. The van der Waals surface area contributed by atoms with Gasteiger partial charge in [-0.05, 0) is 17.9 Å². The Morgan fingerprint density at radius 2 is 2.21 bits per heavy atom. The van der Waals surface area contributed by atoms with Gasteiger partial charge in [-0.3, -0.25) is 0 Å². The Morgan fingerprint density at radius 3 is 2.86 bits per heavy atom. The monoisotopic (exact) mass is 210 g/mol. The minimum absolute atomic E-state index is 0.421. The molecule has 1 aliphatic heterocycles. The van der Waals surface area contributed by atoms with Gasteiger partial charge >= 0.3 is 0 Å². The summed E-state index contributed by atoms with van der Waals surface area (Å²) in [5.74, 6) is 0. The molecule has 3 heteroatoms. The molecule has 1 fully saturated rings. The summed E-state index contributed by atoms with van der Waals surface area (Å²) in [4.78, 5) is 1.14. The molecule has 0 aromatic heterocycles.